The summed E-state index contributed by atoms with van der Waals surface area (Å²) in [6.07, 6.45) is 5.51. The highest BCUT2D eigenvalue weighted by Gasteiger charge is 2.36. The largest absolute Gasteiger partial charge is 0.300 e. The first kappa shape index (κ1) is 18.2. The first-order valence-electron chi connectivity index (χ1n) is 8.85. The van der Waals surface area contributed by atoms with Crippen LogP contribution in [0.2, 0.25) is 5.02 Å². The summed E-state index contributed by atoms with van der Waals surface area (Å²) in [6, 6.07) is 7.07. The van der Waals surface area contributed by atoms with Gasteiger partial charge in [0.2, 0.25) is 10.0 Å². The Balaban J connectivity index is 1.65. The van der Waals surface area contributed by atoms with Crippen molar-refractivity contribution in [3.8, 4) is 0 Å². The molecule has 0 spiro atoms. The van der Waals surface area contributed by atoms with E-state index in [4.69, 9.17) is 11.6 Å². The molecule has 1 saturated heterocycles. The molecule has 1 aliphatic carbocycles. The lowest BCUT2D eigenvalue weighted by molar-refractivity contribution is 0.136. The molecule has 4 nitrogen and oxygen atoms in total. The van der Waals surface area contributed by atoms with E-state index in [1.54, 1.807) is 35.6 Å². The highest BCUT2D eigenvalue weighted by atomic mass is 35.5. The maximum absolute atomic E-state index is 12.8. The zero-order chi connectivity index (χ0) is 17.3. The number of piperidine rings is 1. The lowest BCUT2D eigenvalue weighted by Crippen LogP contribution is -2.41. The number of nitrogens with zero attached hydrogens (tertiary/aromatic N) is 2. The molecule has 2 atom stereocenters. The Labute approximate surface area is 150 Å². The first-order valence-corrected chi connectivity index (χ1v) is 10.7. The topological polar surface area (TPSA) is 40.6 Å². The Morgan fingerprint density at radius 3 is 2.33 bits per heavy atom. The molecule has 1 heterocycles. The third-order valence-corrected chi connectivity index (χ3v) is 7.89. The summed E-state index contributed by atoms with van der Waals surface area (Å²) in [6.45, 7) is 4.64. The first-order chi connectivity index (χ1) is 11.4. The maximum Gasteiger partial charge on any atom is 0.243 e. The third kappa shape index (κ3) is 3.79. The summed E-state index contributed by atoms with van der Waals surface area (Å²) < 4.78 is 27.2. The molecule has 1 aliphatic heterocycles. The Kier molecular flexibility index (Phi) is 5.55. The molecule has 0 amide bonds. The fourth-order valence-electron chi connectivity index (χ4n) is 3.96. The molecule has 0 bridgehead atoms. The molecular weight excluding hydrogens is 344 g/mol. The van der Waals surface area contributed by atoms with Gasteiger partial charge in [0, 0.05) is 24.2 Å². The molecule has 0 aromatic heterocycles. The van der Waals surface area contributed by atoms with Gasteiger partial charge in [-0.15, -0.1) is 0 Å². The van der Waals surface area contributed by atoms with Gasteiger partial charge in [0.15, 0.2) is 0 Å². The van der Waals surface area contributed by atoms with Crippen LogP contribution in [0.15, 0.2) is 29.2 Å². The quantitative estimate of drug-likeness (QED) is 0.812. The van der Waals surface area contributed by atoms with Gasteiger partial charge in [0.25, 0.3) is 0 Å². The molecule has 1 saturated carbocycles. The molecule has 2 fully saturated rings. The van der Waals surface area contributed by atoms with E-state index < -0.39 is 10.0 Å². The average molecular weight is 371 g/mol. The molecule has 2 aliphatic rings. The van der Waals surface area contributed by atoms with Gasteiger partial charge in [-0.25, -0.2) is 8.42 Å². The fourth-order valence-corrected chi connectivity index (χ4v) is 5.48. The predicted octanol–water partition coefficient (Wildman–Crippen LogP) is 3.61. The lowest BCUT2D eigenvalue weighted by Gasteiger charge is -2.35. The van der Waals surface area contributed by atoms with Crippen LogP contribution in [0.1, 0.15) is 39.0 Å². The van der Waals surface area contributed by atoms with Gasteiger partial charge in [-0.05, 0) is 75.4 Å². The van der Waals surface area contributed by atoms with Crippen molar-refractivity contribution in [3.05, 3.63) is 29.3 Å². The molecule has 0 unspecified atom stereocenters. The van der Waals surface area contributed by atoms with Gasteiger partial charge in [0.1, 0.15) is 0 Å². The molecule has 0 radical (unpaired) electrons. The average Bonchev–Trinajstić information content (AvgIpc) is 3.05. The van der Waals surface area contributed by atoms with Crippen molar-refractivity contribution in [1.29, 1.82) is 0 Å². The second-order valence-corrected chi connectivity index (χ2v) is 9.75. The number of benzene rings is 1. The van der Waals surface area contributed by atoms with Crippen LogP contribution in [0.4, 0.5) is 0 Å². The van der Waals surface area contributed by atoms with E-state index in [9.17, 15) is 8.42 Å². The molecule has 1 aromatic rings. The summed E-state index contributed by atoms with van der Waals surface area (Å²) >= 11 is 5.87. The molecule has 3 rings (SSSR count). The van der Waals surface area contributed by atoms with Gasteiger partial charge in [-0.2, -0.15) is 4.31 Å². The number of sulfonamides is 1. The minimum absolute atomic E-state index is 0.0926. The molecule has 6 heteroatoms. The Morgan fingerprint density at radius 1 is 1.08 bits per heavy atom. The van der Waals surface area contributed by atoms with Crippen LogP contribution in [0, 0.1) is 5.92 Å². The Morgan fingerprint density at radius 2 is 1.71 bits per heavy atom. The summed E-state index contributed by atoms with van der Waals surface area (Å²) in [5.41, 5.74) is 0. The monoisotopic (exact) mass is 370 g/mol. The Bertz CT molecular complexity index is 654. The second kappa shape index (κ2) is 7.32. The summed E-state index contributed by atoms with van der Waals surface area (Å²) in [5.74, 6) is 0.825. The van der Waals surface area contributed by atoms with Gasteiger partial charge in [-0.1, -0.05) is 18.5 Å². The minimum Gasteiger partial charge on any atom is -0.300 e. The van der Waals surface area contributed by atoms with E-state index in [1.165, 1.54) is 12.8 Å². The zero-order valence-electron chi connectivity index (χ0n) is 14.5. The molecular formula is C18H27ClN2O2S. The lowest BCUT2D eigenvalue weighted by atomic mass is 9.97. The SMILES string of the molecule is CC1CCN([C@H]2CC[C@@H](N(C)S(=O)(=O)c3ccc(Cl)cc3)C2)CC1. The molecule has 1 aromatic carbocycles. The van der Waals surface area contributed by atoms with Crippen LogP contribution in [0.3, 0.4) is 0 Å². The van der Waals surface area contributed by atoms with E-state index >= 15 is 0 Å². The van der Waals surface area contributed by atoms with Crippen LogP contribution in [-0.4, -0.2) is 49.8 Å². The van der Waals surface area contributed by atoms with Crippen LogP contribution in [0.5, 0.6) is 0 Å². The van der Waals surface area contributed by atoms with Gasteiger partial charge < -0.3 is 4.90 Å². The zero-order valence-corrected chi connectivity index (χ0v) is 16.1. The number of likely N-dealkylation sites (tertiary alicyclic amines) is 1. The predicted molar refractivity (Wildman–Crippen MR) is 97.8 cm³/mol. The highest BCUT2D eigenvalue weighted by Crippen LogP contribution is 2.32. The number of halogens is 1. The third-order valence-electron chi connectivity index (χ3n) is 5.72. The fraction of sp³-hybridized carbons (Fsp3) is 0.667. The van der Waals surface area contributed by atoms with Crippen molar-refractivity contribution < 1.29 is 8.42 Å². The summed E-state index contributed by atoms with van der Waals surface area (Å²) in [5, 5.41) is 0.553. The van der Waals surface area contributed by atoms with E-state index in [0.717, 1.165) is 38.3 Å². The van der Waals surface area contributed by atoms with E-state index in [-0.39, 0.29) is 6.04 Å². The van der Waals surface area contributed by atoms with Crippen LogP contribution in [0.25, 0.3) is 0 Å². The van der Waals surface area contributed by atoms with Crippen LogP contribution in [-0.2, 0) is 10.0 Å². The van der Waals surface area contributed by atoms with E-state index in [0.29, 0.717) is 16.0 Å². The van der Waals surface area contributed by atoms with Crippen molar-refractivity contribution in [2.75, 3.05) is 20.1 Å². The van der Waals surface area contributed by atoms with Crippen LogP contribution >= 0.6 is 11.6 Å². The van der Waals surface area contributed by atoms with Crippen molar-refractivity contribution in [1.82, 2.24) is 9.21 Å². The van der Waals surface area contributed by atoms with Crippen LogP contribution < -0.4 is 0 Å². The standard InChI is InChI=1S/C18H27ClN2O2S/c1-14-9-11-21(12-10-14)17-6-5-16(13-17)20(2)24(22,23)18-7-3-15(19)4-8-18/h3-4,7-8,14,16-17H,5-6,9-13H2,1-2H3/t16-,17+/m1/s1. The van der Waals surface area contributed by atoms with Crippen molar-refractivity contribution >= 4 is 21.6 Å². The van der Waals surface area contributed by atoms with Gasteiger partial charge in [-0.3, -0.25) is 0 Å². The summed E-state index contributed by atoms with van der Waals surface area (Å²) in [4.78, 5) is 2.90. The maximum atomic E-state index is 12.8. The normalized spacial score (nSPS) is 27.0. The second-order valence-electron chi connectivity index (χ2n) is 7.31. The van der Waals surface area contributed by atoms with Gasteiger partial charge in [0.05, 0.1) is 4.90 Å². The minimum atomic E-state index is -3.45. The van der Waals surface area contributed by atoms with E-state index in [1.807, 2.05) is 0 Å². The molecule has 134 valence electrons. The highest BCUT2D eigenvalue weighted by molar-refractivity contribution is 7.89. The number of hydrogen-bond donors (Lipinski definition) is 0. The van der Waals surface area contributed by atoms with Gasteiger partial charge >= 0.3 is 0 Å². The van der Waals surface area contributed by atoms with E-state index in [2.05, 4.69) is 11.8 Å². The number of hydrogen-bond acceptors (Lipinski definition) is 3. The van der Waals surface area contributed by atoms with Crippen molar-refractivity contribution in [2.45, 2.75) is 56.0 Å². The Hall–Kier alpha value is -0.620. The summed E-state index contributed by atoms with van der Waals surface area (Å²) in [7, 11) is -1.73. The van der Waals surface area contributed by atoms with Crippen molar-refractivity contribution in [2.24, 2.45) is 5.92 Å². The molecule has 24 heavy (non-hydrogen) atoms. The smallest absolute Gasteiger partial charge is 0.243 e. The van der Waals surface area contributed by atoms with Crippen molar-refractivity contribution in [3.63, 3.8) is 0 Å². The molecule has 0 N–H and O–H groups in total. The number of rotatable bonds is 4.